The van der Waals surface area contributed by atoms with Gasteiger partial charge in [0.25, 0.3) is 0 Å². The first kappa shape index (κ1) is 12.5. The number of aryl methyl sites for hydroxylation is 2. The average Bonchev–Trinajstić information content (AvgIpc) is 2.32. The van der Waals surface area contributed by atoms with Crippen LogP contribution in [-0.4, -0.2) is 9.97 Å². The van der Waals surface area contributed by atoms with E-state index in [1.54, 1.807) is 13.0 Å². The lowest BCUT2D eigenvalue weighted by Crippen LogP contribution is -1.96. The van der Waals surface area contributed by atoms with Crippen LogP contribution in [0.5, 0.6) is 11.8 Å². The minimum atomic E-state index is 0.177. The summed E-state index contributed by atoms with van der Waals surface area (Å²) in [6.07, 6.45) is 0. The van der Waals surface area contributed by atoms with E-state index in [-0.39, 0.29) is 6.01 Å². The fraction of sp³-hybridized carbons (Fsp3) is 0.154. The number of nitriles is 1. The molecule has 0 saturated carbocycles. The van der Waals surface area contributed by atoms with E-state index < -0.39 is 0 Å². The van der Waals surface area contributed by atoms with Crippen molar-refractivity contribution in [3.8, 4) is 17.8 Å². The van der Waals surface area contributed by atoms with Gasteiger partial charge in [0.1, 0.15) is 17.5 Å². The van der Waals surface area contributed by atoms with E-state index in [4.69, 9.17) is 10.00 Å². The first-order chi connectivity index (χ1) is 8.58. The molecule has 5 heteroatoms. The van der Waals surface area contributed by atoms with Crippen LogP contribution in [-0.2, 0) is 0 Å². The second-order valence-electron chi connectivity index (χ2n) is 3.82. The lowest BCUT2D eigenvalue weighted by Gasteiger charge is -2.07. The van der Waals surface area contributed by atoms with Gasteiger partial charge in [0.05, 0.1) is 4.47 Å². The topological polar surface area (TPSA) is 58.8 Å². The number of rotatable bonds is 2. The molecule has 0 aliphatic carbocycles. The molecular weight excluding hydrogens is 294 g/mol. The highest BCUT2D eigenvalue weighted by Gasteiger charge is 2.07. The lowest BCUT2D eigenvalue weighted by molar-refractivity contribution is 0.437. The van der Waals surface area contributed by atoms with Gasteiger partial charge in [-0.05, 0) is 53.5 Å². The third-order valence-electron chi connectivity index (χ3n) is 2.24. The molecular formula is C13H10BrN3O. The van der Waals surface area contributed by atoms with Crippen LogP contribution in [0.25, 0.3) is 0 Å². The van der Waals surface area contributed by atoms with Gasteiger partial charge in [-0.15, -0.1) is 0 Å². The van der Waals surface area contributed by atoms with Crippen molar-refractivity contribution >= 4 is 15.9 Å². The Bertz CT molecular complexity index is 635. The van der Waals surface area contributed by atoms with Crippen LogP contribution in [0.15, 0.2) is 28.7 Å². The van der Waals surface area contributed by atoms with Crippen LogP contribution in [0.3, 0.4) is 0 Å². The number of nitrogens with zero attached hydrogens (tertiary/aromatic N) is 3. The molecule has 0 atom stereocenters. The summed E-state index contributed by atoms with van der Waals surface area (Å²) in [5, 5.41) is 8.84. The number of aromatic nitrogens is 2. The van der Waals surface area contributed by atoms with Gasteiger partial charge < -0.3 is 4.74 Å². The van der Waals surface area contributed by atoms with Crippen molar-refractivity contribution in [1.82, 2.24) is 9.97 Å². The highest BCUT2D eigenvalue weighted by atomic mass is 79.9. The van der Waals surface area contributed by atoms with Crippen molar-refractivity contribution in [3.05, 3.63) is 45.7 Å². The number of halogens is 1. The van der Waals surface area contributed by atoms with E-state index in [2.05, 4.69) is 25.9 Å². The number of hydrogen-bond acceptors (Lipinski definition) is 4. The summed E-state index contributed by atoms with van der Waals surface area (Å²) >= 11 is 3.41. The van der Waals surface area contributed by atoms with Gasteiger partial charge in [0.15, 0.2) is 0 Å². The van der Waals surface area contributed by atoms with E-state index in [1.807, 2.05) is 31.2 Å². The van der Waals surface area contributed by atoms with E-state index in [1.165, 1.54) is 0 Å². The normalized spacial score (nSPS) is 9.89. The molecule has 0 aliphatic rings. The molecule has 0 fully saturated rings. The molecule has 0 bridgehead atoms. The minimum Gasteiger partial charge on any atom is -0.423 e. The predicted molar refractivity (Wildman–Crippen MR) is 70.4 cm³/mol. The molecule has 18 heavy (non-hydrogen) atoms. The van der Waals surface area contributed by atoms with Crippen LogP contribution in [0, 0.1) is 25.2 Å². The fourth-order valence-corrected chi connectivity index (χ4v) is 2.01. The minimum absolute atomic E-state index is 0.177. The van der Waals surface area contributed by atoms with Gasteiger partial charge in [0, 0.05) is 5.69 Å². The summed E-state index contributed by atoms with van der Waals surface area (Å²) < 4.78 is 6.39. The maximum atomic E-state index is 8.84. The highest BCUT2D eigenvalue weighted by molar-refractivity contribution is 9.10. The lowest BCUT2D eigenvalue weighted by atomic mass is 10.2. The van der Waals surface area contributed by atoms with Crippen LogP contribution in [0.4, 0.5) is 0 Å². The van der Waals surface area contributed by atoms with Crippen LogP contribution < -0.4 is 4.74 Å². The highest BCUT2D eigenvalue weighted by Crippen LogP contribution is 2.28. The standard InChI is InChI=1S/C13H10BrN3O/c1-8-3-4-12(11(14)5-8)18-13-16-9(2)6-10(7-15)17-13/h3-6H,1-2H3. The summed E-state index contributed by atoms with van der Waals surface area (Å²) in [5.74, 6) is 0.620. The summed E-state index contributed by atoms with van der Waals surface area (Å²) in [4.78, 5) is 8.13. The molecule has 0 amide bonds. The summed E-state index contributed by atoms with van der Waals surface area (Å²) in [5.41, 5.74) is 2.11. The molecule has 1 aromatic carbocycles. The molecule has 0 saturated heterocycles. The van der Waals surface area contributed by atoms with Gasteiger partial charge in [-0.1, -0.05) is 6.07 Å². The number of hydrogen-bond donors (Lipinski definition) is 0. The molecule has 0 unspecified atom stereocenters. The quantitative estimate of drug-likeness (QED) is 0.851. The summed E-state index contributed by atoms with van der Waals surface area (Å²) in [7, 11) is 0. The monoisotopic (exact) mass is 303 g/mol. The molecule has 2 rings (SSSR count). The van der Waals surface area contributed by atoms with Crippen molar-refractivity contribution in [3.63, 3.8) is 0 Å². The second-order valence-corrected chi connectivity index (χ2v) is 4.68. The smallest absolute Gasteiger partial charge is 0.323 e. The third kappa shape index (κ3) is 2.84. The number of benzene rings is 1. The maximum Gasteiger partial charge on any atom is 0.323 e. The summed E-state index contributed by atoms with van der Waals surface area (Å²) in [6.45, 7) is 3.78. The third-order valence-corrected chi connectivity index (χ3v) is 2.86. The van der Waals surface area contributed by atoms with Crippen molar-refractivity contribution in [2.24, 2.45) is 0 Å². The van der Waals surface area contributed by atoms with E-state index >= 15 is 0 Å². The predicted octanol–water partition coefficient (Wildman–Crippen LogP) is 3.52. The zero-order valence-corrected chi connectivity index (χ0v) is 11.5. The molecule has 0 aliphatic heterocycles. The first-order valence-corrected chi connectivity index (χ1v) is 6.07. The molecule has 90 valence electrons. The van der Waals surface area contributed by atoms with Gasteiger partial charge in [-0.3, -0.25) is 0 Å². The Morgan fingerprint density at radius 2 is 2.00 bits per heavy atom. The SMILES string of the molecule is Cc1ccc(Oc2nc(C)cc(C#N)n2)c(Br)c1. The van der Waals surface area contributed by atoms with Crippen molar-refractivity contribution in [1.29, 1.82) is 5.26 Å². The van der Waals surface area contributed by atoms with Crippen molar-refractivity contribution < 1.29 is 4.74 Å². The fourth-order valence-electron chi connectivity index (χ4n) is 1.43. The second kappa shape index (κ2) is 5.15. The zero-order chi connectivity index (χ0) is 13.1. The van der Waals surface area contributed by atoms with Gasteiger partial charge in [0.2, 0.25) is 0 Å². The molecule has 4 nitrogen and oxygen atoms in total. The van der Waals surface area contributed by atoms with Crippen LogP contribution >= 0.6 is 15.9 Å². The first-order valence-electron chi connectivity index (χ1n) is 5.28. The van der Waals surface area contributed by atoms with Gasteiger partial charge >= 0.3 is 6.01 Å². The molecule has 0 radical (unpaired) electrons. The Labute approximate surface area is 113 Å². The van der Waals surface area contributed by atoms with Crippen molar-refractivity contribution in [2.75, 3.05) is 0 Å². The largest absolute Gasteiger partial charge is 0.423 e. The molecule has 0 N–H and O–H groups in total. The Morgan fingerprint density at radius 3 is 2.67 bits per heavy atom. The van der Waals surface area contributed by atoms with E-state index in [0.29, 0.717) is 17.1 Å². The van der Waals surface area contributed by atoms with Gasteiger partial charge in [-0.2, -0.15) is 10.2 Å². The Morgan fingerprint density at radius 1 is 1.22 bits per heavy atom. The Kier molecular flexibility index (Phi) is 3.58. The maximum absolute atomic E-state index is 8.84. The zero-order valence-electron chi connectivity index (χ0n) is 9.94. The summed E-state index contributed by atoms with van der Waals surface area (Å²) in [6, 6.07) is 9.46. The Hall–Kier alpha value is -1.93. The number of ether oxygens (including phenoxy) is 1. The van der Waals surface area contributed by atoms with Crippen molar-refractivity contribution in [2.45, 2.75) is 13.8 Å². The molecule has 1 heterocycles. The van der Waals surface area contributed by atoms with Gasteiger partial charge in [-0.25, -0.2) is 4.98 Å². The van der Waals surface area contributed by atoms with E-state index in [9.17, 15) is 0 Å². The van der Waals surface area contributed by atoms with Crippen LogP contribution in [0.1, 0.15) is 17.0 Å². The molecule has 0 spiro atoms. The Balaban J connectivity index is 2.34. The molecule has 1 aromatic heterocycles. The van der Waals surface area contributed by atoms with E-state index in [0.717, 1.165) is 10.0 Å². The average molecular weight is 304 g/mol. The molecule has 2 aromatic rings. The van der Waals surface area contributed by atoms with Crippen LogP contribution in [0.2, 0.25) is 0 Å².